The predicted octanol–water partition coefficient (Wildman–Crippen LogP) is 4.48. The normalized spacial score (nSPS) is 17.3. The summed E-state index contributed by atoms with van der Waals surface area (Å²) in [5.41, 5.74) is 6.36. The van der Waals surface area contributed by atoms with Crippen LogP contribution in [0.1, 0.15) is 28.4 Å². The number of hydrogen-bond donors (Lipinski definition) is 2. The Labute approximate surface area is 144 Å². The number of fused-ring (bicyclic) bond motifs is 3. The summed E-state index contributed by atoms with van der Waals surface area (Å²) in [5, 5.41) is 4.97. The Balaban J connectivity index is 1.84. The van der Waals surface area contributed by atoms with Gasteiger partial charge in [0.05, 0.1) is 13.2 Å². The van der Waals surface area contributed by atoms with E-state index in [9.17, 15) is 0 Å². The van der Waals surface area contributed by atoms with Crippen molar-refractivity contribution in [3.05, 3.63) is 63.3 Å². The monoisotopic (exact) mass is 370 g/mol. The van der Waals surface area contributed by atoms with E-state index in [-0.39, 0.29) is 6.04 Å². The highest BCUT2D eigenvalue weighted by Gasteiger charge is 2.25. The largest absolute Gasteiger partial charge is 0.496 e. The van der Waals surface area contributed by atoms with Crippen LogP contribution >= 0.6 is 15.9 Å². The minimum atomic E-state index is 0.203. The molecule has 0 radical (unpaired) electrons. The maximum Gasteiger partial charge on any atom is 0.121 e. The van der Waals surface area contributed by atoms with E-state index in [1.807, 2.05) is 0 Å². The lowest BCUT2D eigenvalue weighted by Crippen LogP contribution is -2.30. The molecule has 2 heterocycles. The van der Waals surface area contributed by atoms with E-state index < -0.39 is 0 Å². The molecule has 1 aliphatic heterocycles. The van der Waals surface area contributed by atoms with Crippen molar-refractivity contribution in [2.24, 2.45) is 0 Å². The third-order valence-corrected chi connectivity index (χ3v) is 5.16. The van der Waals surface area contributed by atoms with Gasteiger partial charge < -0.3 is 15.0 Å². The molecule has 118 valence electrons. The Kier molecular flexibility index (Phi) is 3.66. The van der Waals surface area contributed by atoms with Crippen LogP contribution in [0.5, 0.6) is 5.75 Å². The highest BCUT2D eigenvalue weighted by molar-refractivity contribution is 9.10. The van der Waals surface area contributed by atoms with Crippen molar-refractivity contribution in [2.45, 2.75) is 19.4 Å². The molecule has 0 amide bonds. The molecule has 4 rings (SSSR count). The molecule has 4 heteroatoms. The van der Waals surface area contributed by atoms with Crippen LogP contribution < -0.4 is 10.1 Å². The minimum Gasteiger partial charge on any atom is -0.496 e. The third-order valence-electron chi connectivity index (χ3n) is 4.67. The number of aromatic nitrogens is 1. The zero-order valence-electron chi connectivity index (χ0n) is 13.2. The van der Waals surface area contributed by atoms with Gasteiger partial charge in [-0.1, -0.05) is 28.1 Å². The molecule has 0 spiro atoms. The van der Waals surface area contributed by atoms with Crippen LogP contribution in [0.25, 0.3) is 10.9 Å². The third kappa shape index (κ3) is 2.46. The summed E-state index contributed by atoms with van der Waals surface area (Å²) in [6.07, 6.45) is 1.05. The molecule has 3 nitrogen and oxygen atoms in total. The summed E-state index contributed by atoms with van der Waals surface area (Å²) in [4.78, 5) is 3.63. The lowest BCUT2D eigenvalue weighted by Gasteiger charge is -2.25. The molecule has 1 aromatic heterocycles. The van der Waals surface area contributed by atoms with E-state index in [2.05, 4.69) is 69.6 Å². The van der Waals surface area contributed by atoms with Crippen molar-refractivity contribution in [1.29, 1.82) is 0 Å². The first-order valence-corrected chi connectivity index (χ1v) is 8.64. The van der Waals surface area contributed by atoms with E-state index in [1.54, 1.807) is 7.11 Å². The Morgan fingerprint density at radius 1 is 1.17 bits per heavy atom. The van der Waals surface area contributed by atoms with Crippen LogP contribution in [0, 0.1) is 6.92 Å². The van der Waals surface area contributed by atoms with Crippen LogP contribution in [0.4, 0.5) is 0 Å². The number of H-pyrrole nitrogens is 1. The first-order valence-electron chi connectivity index (χ1n) is 7.85. The summed E-state index contributed by atoms with van der Waals surface area (Å²) < 4.78 is 6.51. The standard InChI is InChI=1S/C19H19BrN2O/c1-11-9-12(3-6-17(11)23-2)18-19-14(7-8-21-18)15-10-13(20)4-5-16(15)22-19/h3-6,9-10,18,21-22H,7-8H2,1-2H3. The molecular formula is C19H19BrN2O. The van der Waals surface area contributed by atoms with E-state index in [1.165, 1.54) is 27.7 Å². The zero-order valence-corrected chi connectivity index (χ0v) is 14.8. The van der Waals surface area contributed by atoms with Gasteiger partial charge in [0, 0.05) is 27.6 Å². The van der Waals surface area contributed by atoms with Gasteiger partial charge in [0.2, 0.25) is 0 Å². The predicted molar refractivity (Wildman–Crippen MR) is 97.3 cm³/mol. The van der Waals surface area contributed by atoms with E-state index in [0.29, 0.717) is 0 Å². The SMILES string of the molecule is COc1ccc(C2NCCc3c2[nH]c2ccc(Br)cc32)cc1C. The maximum atomic E-state index is 5.38. The number of hydrogen-bond acceptors (Lipinski definition) is 2. The van der Waals surface area contributed by atoms with Crippen molar-refractivity contribution in [3.8, 4) is 5.75 Å². The lowest BCUT2D eigenvalue weighted by molar-refractivity contribution is 0.411. The molecule has 0 fully saturated rings. The van der Waals surface area contributed by atoms with E-state index in [4.69, 9.17) is 4.74 Å². The van der Waals surface area contributed by atoms with Gasteiger partial charge in [0.15, 0.2) is 0 Å². The topological polar surface area (TPSA) is 37.0 Å². The zero-order chi connectivity index (χ0) is 16.0. The van der Waals surface area contributed by atoms with Gasteiger partial charge in [-0.3, -0.25) is 0 Å². The molecular weight excluding hydrogens is 352 g/mol. The first kappa shape index (κ1) is 14.8. The van der Waals surface area contributed by atoms with Crippen LogP contribution in [0.3, 0.4) is 0 Å². The van der Waals surface area contributed by atoms with Gasteiger partial charge in [-0.15, -0.1) is 0 Å². The number of ether oxygens (including phenoxy) is 1. The second-order valence-electron chi connectivity index (χ2n) is 6.07. The van der Waals surface area contributed by atoms with Crippen LogP contribution in [0.2, 0.25) is 0 Å². The Morgan fingerprint density at radius 3 is 2.83 bits per heavy atom. The smallest absolute Gasteiger partial charge is 0.121 e. The molecule has 23 heavy (non-hydrogen) atoms. The highest BCUT2D eigenvalue weighted by Crippen LogP contribution is 2.35. The molecule has 2 N–H and O–H groups in total. The number of benzene rings is 2. The minimum absolute atomic E-state index is 0.203. The van der Waals surface area contributed by atoms with Crippen molar-refractivity contribution >= 4 is 26.8 Å². The fourth-order valence-electron chi connectivity index (χ4n) is 3.57. The van der Waals surface area contributed by atoms with E-state index in [0.717, 1.165) is 28.8 Å². The molecule has 1 unspecified atom stereocenters. The van der Waals surface area contributed by atoms with Crippen molar-refractivity contribution in [3.63, 3.8) is 0 Å². The van der Waals surface area contributed by atoms with Crippen LogP contribution in [-0.4, -0.2) is 18.6 Å². The molecule has 1 aliphatic rings. The van der Waals surface area contributed by atoms with Gasteiger partial charge >= 0.3 is 0 Å². The summed E-state index contributed by atoms with van der Waals surface area (Å²) in [5.74, 6) is 0.936. The average Bonchev–Trinajstić information content (AvgIpc) is 2.92. The Hall–Kier alpha value is -1.78. The molecule has 2 aromatic carbocycles. The summed E-state index contributed by atoms with van der Waals surface area (Å²) in [6, 6.07) is 13.1. The van der Waals surface area contributed by atoms with Crippen LogP contribution in [-0.2, 0) is 6.42 Å². The maximum absolute atomic E-state index is 5.38. The van der Waals surface area contributed by atoms with Gasteiger partial charge in [-0.05, 0) is 54.3 Å². The molecule has 0 bridgehead atoms. The van der Waals surface area contributed by atoms with Crippen molar-refractivity contribution < 1.29 is 4.74 Å². The van der Waals surface area contributed by atoms with Crippen molar-refractivity contribution in [1.82, 2.24) is 10.3 Å². The number of nitrogens with one attached hydrogen (secondary N) is 2. The summed E-state index contributed by atoms with van der Waals surface area (Å²) >= 11 is 3.59. The number of aromatic amines is 1. The molecule has 0 aliphatic carbocycles. The molecule has 0 saturated carbocycles. The number of halogens is 1. The first-order chi connectivity index (χ1) is 11.2. The second kappa shape index (κ2) is 5.69. The van der Waals surface area contributed by atoms with Gasteiger partial charge in [-0.25, -0.2) is 0 Å². The fourth-order valence-corrected chi connectivity index (χ4v) is 3.93. The average molecular weight is 371 g/mol. The number of methoxy groups -OCH3 is 1. The fraction of sp³-hybridized carbons (Fsp3) is 0.263. The molecule has 3 aromatic rings. The summed E-state index contributed by atoms with van der Waals surface area (Å²) in [6.45, 7) is 3.08. The second-order valence-corrected chi connectivity index (χ2v) is 6.99. The highest BCUT2D eigenvalue weighted by atomic mass is 79.9. The molecule has 1 atom stereocenters. The van der Waals surface area contributed by atoms with Gasteiger partial charge in [-0.2, -0.15) is 0 Å². The summed E-state index contributed by atoms with van der Waals surface area (Å²) in [7, 11) is 1.72. The lowest BCUT2D eigenvalue weighted by atomic mass is 9.93. The van der Waals surface area contributed by atoms with Gasteiger partial charge in [0.1, 0.15) is 5.75 Å². The quantitative estimate of drug-likeness (QED) is 0.697. The molecule has 0 saturated heterocycles. The number of rotatable bonds is 2. The van der Waals surface area contributed by atoms with Crippen molar-refractivity contribution in [2.75, 3.05) is 13.7 Å². The number of aryl methyl sites for hydroxylation is 1. The Bertz CT molecular complexity index is 884. The van der Waals surface area contributed by atoms with Crippen LogP contribution in [0.15, 0.2) is 40.9 Å². The van der Waals surface area contributed by atoms with Gasteiger partial charge in [0.25, 0.3) is 0 Å². The Morgan fingerprint density at radius 2 is 2.04 bits per heavy atom. The van der Waals surface area contributed by atoms with E-state index >= 15 is 0 Å².